The molecule has 1 aliphatic carbocycles. The summed E-state index contributed by atoms with van der Waals surface area (Å²) in [6.07, 6.45) is 8.13. The quantitative estimate of drug-likeness (QED) is 0.713. The van der Waals surface area contributed by atoms with Gasteiger partial charge in [0.25, 0.3) is 0 Å². The molecular weight excluding hydrogens is 237 g/mol. The Kier molecular flexibility index (Phi) is 3.06. The molecule has 2 fully saturated rings. The maximum atomic E-state index is 6.13. The van der Waals surface area contributed by atoms with Crippen molar-refractivity contribution >= 4 is 7.12 Å². The molecule has 19 heavy (non-hydrogen) atoms. The summed E-state index contributed by atoms with van der Waals surface area (Å²) < 4.78 is 12.3. The standard InChI is InChI=1S/C15H24BNO2/c1-14(2)15(3,4)19-16(18-14)12-7-5-8-13(11-12)17-9-6-10-17/h7,11H,5-6,8-10H2,1-4H3. The number of likely N-dealkylation sites (tertiary alicyclic amines) is 1. The van der Waals surface area contributed by atoms with Crippen LogP contribution in [0.5, 0.6) is 0 Å². The molecule has 0 bridgehead atoms. The molecule has 3 aliphatic rings. The molecule has 0 amide bonds. The Hall–Kier alpha value is -0.735. The number of hydrogen-bond donors (Lipinski definition) is 0. The van der Waals surface area contributed by atoms with Crippen molar-refractivity contribution in [3.8, 4) is 0 Å². The van der Waals surface area contributed by atoms with Crippen LogP contribution < -0.4 is 0 Å². The Morgan fingerprint density at radius 1 is 1.11 bits per heavy atom. The number of nitrogens with zero attached hydrogens (tertiary/aromatic N) is 1. The summed E-state index contributed by atoms with van der Waals surface area (Å²) in [6, 6.07) is 0. The highest BCUT2D eigenvalue weighted by Gasteiger charge is 2.52. The first-order valence-corrected chi connectivity index (χ1v) is 7.40. The van der Waals surface area contributed by atoms with Crippen LogP contribution in [0.25, 0.3) is 0 Å². The van der Waals surface area contributed by atoms with Gasteiger partial charge in [-0.05, 0) is 58.5 Å². The predicted octanol–water partition coefficient (Wildman–Crippen LogP) is 2.93. The van der Waals surface area contributed by atoms with E-state index in [2.05, 4.69) is 44.7 Å². The molecule has 0 saturated carbocycles. The molecule has 0 aromatic heterocycles. The van der Waals surface area contributed by atoms with E-state index in [0.717, 1.165) is 12.8 Å². The van der Waals surface area contributed by atoms with E-state index in [1.54, 1.807) is 0 Å². The first-order valence-electron chi connectivity index (χ1n) is 7.40. The van der Waals surface area contributed by atoms with Crippen molar-refractivity contribution in [2.24, 2.45) is 0 Å². The van der Waals surface area contributed by atoms with E-state index in [-0.39, 0.29) is 18.3 Å². The first kappa shape index (κ1) is 13.3. The highest BCUT2D eigenvalue weighted by Crippen LogP contribution is 2.40. The van der Waals surface area contributed by atoms with Crippen molar-refractivity contribution in [3.63, 3.8) is 0 Å². The summed E-state index contributed by atoms with van der Waals surface area (Å²) in [5.41, 5.74) is 2.16. The third kappa shape index (κ3) is 2.25. The lowest BCUT2D eigenvalue weighted by molar-refractivity contribution is 0.00578. The van der Waals surface area contributed by atoms with Crippen molar-refractivity contribution < 1.29 is 9.31 Å². The molecule has 0 atom stereocenters. The maximum absolute atomic E-state index is 6.13. The second-order valence-electron chi connectivity index (χ2n) is 6.81. The molecule has 2 saturated heterocycles. The third-order valence-corrected chi connectivity index (χ3v) is 4.90. The van der Waals surface area contributed by atoms with E-state index in [9.17, 15) is 0 Å². The zero-order valence-corrected chi connectivity index (χ0v) is 12.5. The molecule has 104 valence electrons. The zero-order chi connectivity index (χ0) is 13.7. The lowest BCUT2D eigenvalue weighted by Crippen LogP contribution is -2.41. The Morgan fingerprint density at radius 2 is 1.74 bits per heavy atom. The molecule has 4 heteroatoms. The summed E-state index contributed by atoms with van der Waals surface area (Å²) in [5, 5.41) is 0. The van der Waals surface area contributed by atoms with Crippen LogP contribution >= 0.6 is 0 Å². The van der Waals surface area contributed by atoms with E-state index >= 15 is 0 Å². The SMILES string of the molecule is CC1(C)OB(C2=CCCC(N3CCC3)=C2)OC1(C)C. The van der Waals surface area contributed by atoms with Gasteiger partial charge in [-0.3, -0.25) is 0 Å². The summed E-state index contributed by atoms with van der Waals surface area (Å²) >= 11 is 0. The topological polar surface area (TPSA) is 21.7 Å². The minimum absolute atomic E-state index is 0.207. The fourth-order valence-corrected chi connectivity index (χ4v) is 2.71. The van der Waals surface area contributed by atoms with Crippen LogP contribution in [0.4, 0.5) is 0 Å². The van der Waals surface area contributed by atoms with Gasteiger partial charge < -0.3 is 14.2 Å². The van der Waals surface area contributed by atoms with Gasteiger partial charge in [0.1, 0.15) is 0 Å². The number of allylic oxidation sites excluding steroid dienone is 4. The van der Waals surface area contributed by atoms with E-state index in [1.165, 1.54) is 30.7 Å². The summed E-state index contributed by atoms with van der Waals surface area (Å²) in [4.78, 5) is 2.47. The average molecular weight is 261 g/mol. The molecule has 0 N–H and O–H groups in total. The molecule has 0 aromatic rings. The fraction of sp³-hybridized carbons (Fsp3) is 0.733. The first-order chi connectivity index (χ1) is 8.89. The zero-order valence-electron chi connectivity index (χ0n) is 12.5. The van der Waals surface area contributed by atoms with Crippen LogP contribution in [0.3, 0.4) is 0 Å². The van der Waals surface area contributed by atoms with Gasteiger partial charge in [-0.25, -0.2) is 0 Å². The van der Waals surface area contributed by atoms with Crippen LogP contribution in [-0.4, -0.2) is 36.3 Å². The van der Waals surface area contributed by atoms with Crippen molar-refractivity contribution in [1.29, 1.82) is 0 Å². The van der Waals surface area contributed by atoms with Gasteiger partial charge in [0, 0.05) is 18.8 Å². The molecule has 3 nitrogen and oxygen atoms in total. The second kappa shape index (κ2) is 4.39. The van der Waals surface area contributed by atoms with Gasteiger partial charge in [-0.15, -0.1) is 0 Å². The van der Waals surface area contributed by atoms with Gasteiger partial charge in [-0.1, -0.05) is 6.08 Å². The van der Waals surface area contributed by atoms with Crippen molar-refractivity contribution in [1.82, 2.24) is 4.90 Å². The number of rotatable bonds is 2. The summed E-state index contributed by atoms with van der Waals surface area (Å²) in [5.74, 6) is 0. The molecule has 0 radical (unpaired) electrons. The molecule has 3 rings (SSSR count). The maximum Gasteiger partial charge on any atom is 0.494 e. The Bertz CT molecular complexity index is 419. The minimum Gasteiger partial charge on any atom is -0.399 e. The van der Waals surface area contributed by atoms with Crippen LogP contribution in [0.1, 0.15) is 47.0 Å². The van der Waals surface area contributed by atoms with E-state index in [4.69, 9.17) is 9.31 Å². The average Bonchev–Trinajstić information content (AvgIpc) is 2.46. The third-order valence-electron chi connectivity index (χ3n) is 4.90. The summed E-state index contributed by atoms with van der Waals surface area (Å²) in [7, 11) is -0.207. The number of hydrogen-bond acceptors (Lipinski definition) is 3. The van der Waals surface area contributed by atoms with Gasteiger partial charge in [0.05, 0.1) is 11.2 Å². The van der Waals surface area contributed by atoms with Gasteiger partial charge in [0.2, 0.25) is 0 Å². The van der Waals surface area contributed by atoms with Crippen LogP contribution in [0, 0.1) is 0 Å². The van der Waals surface area contributed by atoms with E-state index < -0.39 is 0 Å². The Labute approximate surface area is 116 Å². The lowest BCUT2D eigenvalue weighted by Gasteiger charge is -2.36. The fourth-order valence-electron chi connectivity index (χ4n) is 2.71. The summed E-state index contributed by atoms with van der Waals surface area (Å²) in [6.45, 7) is 10.9. The molecule has 2 aliphatic heterocycles. The normalized spacial score (nSPS) is 28.8. The van der Waals surface area contributed by atoms with Crippen molar-refractivity contribution in [2.75, 3.05) is 13.1 Å². The second-order valence-corrected chi connectivity index (χ2v) is 6.81. The monoisotopic (exact) mass is 261 g/mol. The van der Waals surface area contributed by atoms with Gasteiger partial charge in [0.15, 0.2) is 0 Å². The van der Waals surface area contributed by atoms with Gasteiger partial charge >= 0.3 is 7.12 Å². The largest absolute Gasteiger partial charge is 0.494 e. The van der Waals surface area contributed by atoms with Crippen LogP contribution in [0.15, 0.2) is 23.3 Å². The molecule has 2 heterocycles. The molecule has 0 aromatic carbocycles. The highest BCUT2D eigenvalue weighted by atomic mass is 16.7. The Morgan fingerprint density at radius 3 is 2.26 bits per heavy atom. The molecule has 0 spiro atoms. The Balaban J connectivity index is 1.76. The van der Waals surface area contributed by atoms with E-state index in [1.807, 2.05) is 0 Å². The highest BCUT2D eigenvalue weighted by molar-refractivity contribution is 6.55. The smallest absolute Gasteiger partial charge is 0.399 e. The van der Waals surface area contributed by atoms with Crippen molar-refractivity contribution in [2.45, 2.75) is 58.2 Å². The minimum atomic E-state index is -0.249. The molecule has 0 unspecified atom stereocenters. The molecular formula is C15H24BNO2. The van der Waals surface area contributed by atoms with E-state index in [0.29, 0.717) is 0 Å². The van der Waals surface area contributed by atoms with Gasteiger partial charge in [-0.2, -0.15) is 0 Å². The van der Waals surface area contributed by atoms with Crippen LogP contribution in [0.2, 0.25) is 0 Å². The lowest BCUT2D eigenvalue weighted by atomic mass is 9.75. The van der Waals surface area contributed by atoms with Crippen molar-refractivity contribution in [3.05, 3.63) is 23.3 Å². The van der Waals surface area contributed by atoms with Crippen LogP contribution in [-0.2, 0) is 9.31 Å². The predicted molar refractivity (Wildman–Crippen MR) is 77.7 cm³/mol.